The zero-order valence-corrected chi connectivity index (χ0v) is 13.6. The molecule has 1 N–H and O–H groups in total. The second-order valence-electron chi connectivity index (χ2n) is 5.84. The Morgan fingerprint density at radius 3 is 2.83 bits per heavy atom. The third-order valence-electron chi connectivity index (χ3n) is 3.70. The highest BCUT2D eigenvalue weighted by Gasteiger charge is 2.20. The first kappa shape index (κ1) is 17.2. The van der Waals surface area contributed by atoms with E-state index in [4.69, 9.17) is 4.74 Å². The van der Waals surface area contributed by atoms with Crippen LogP contribution in [0, 0.1) is 5.92 Å². The Balaban J connectivity index is 1.77. The van der Waals surface area contributed by atoms with Gasteiger partial charge in [-0.05, 0) is 31.3 Å². The standard InChI is InChI=1S/C16H23N3O4/c1-18-10-13(15(21)19(2)16(18)22)6-7-14(20)17-8-3-9-23-11-12-4-5-12/h6-7,10,12H,3-5,8-9,11H2,1-2H3,(H,17,20). The summed E-state index contributed by atoms with van der Waals surface area (Å²) in [5.74, 6) is 0.472. The Morgan fingerprint density at radius 1 is 1.39 bits per heavy atom. The third kappa shape index (κ3) is 5.21. The molecule has 0 aliphatic heterocycles. The molecule has 1 saturated carbocycles. The summed E-state index contributed by atoms with van der Waals surface area (Å²) in [7, 11) is 2.96. The average molecular weight is 321 g/mol. The van der Waals surface area contributed by atoms with Gasteiger partial charge in [-0.25, -0.2) is 4.79 Å². The van der Waals surface area contributed by atoms with Crippen LogP contribution in [0.2, 0.25) is 0 Å². The predicted molar refractivity (Wildman–Crippen MR) is 87.1 cm³/mol. The summed E-state index contributed by atoms with van der Waals surface area (Å²) in [5.41, 5.74) is -0.536. The van der Waals surface area contributed by atoms with E-state index in [1.54, 1.807) is 7.05 Å². The van der Waals surface area contributed by atoms with E-state index in [1.807, 2.05) is 0 Å². The molecule has 0 unspecified atom stereocenters. The van der Waals surface area contributed by atoms with Gasteiger partial charge in [-0.15, -0.1) is 0 Å². The van der Waals surface area contributed by atoms with E-state index in [0.717, 1.165) is 23.5 Å². The molecule has 23 heavy (non-hydrogen) atoms. The summed E-state index contributed by atoms with van der Waals surface area (Å²) in [6, 6.07) is 0. The Bertz CT molecular complexity index is 698. The molecule has 7 heteroatoms. The molecule has 1 heterocycles. The molecule has 0 radical (unpaired) electrons. The lowest BCUT2D eigenvalue weighted by atomic mass is 10.3. The lowest BCUT2D eigenvalue weighted by molar-refractivity contribution is -0.116. The van der Waals surface area contributed by atoms with Gasteiger partial charge in [0.25, 0.3) is 5.56 Å². The maximum absolute atomic E-state index is 11.9. The molecule has 2 rings (SSSR count). The zero-order chi connectivity index (χ0) is 16.8. The second-order valence-corrected chi connectivity index (χ2v) is 5.84. The van der Waals surface area contributed by atoms with Crippen molar-refractivity contribution < 1.29 is 9.53 Å². The van der Waals surface area contributed by atoms with Crippen LogP contribution >= 0.6 is 0 Å². The molecule has 0 spiro atoms. The molecular weight excluding hydrogens is 298 g/mol. The van der Waals surface area contributed by atoms with Gasteiger partial charge in [-0.1, -0.05) is 0 Å². The van der Waals surface area contributed by atoms with Crippen molar-refractivity contribution in [2.75, 3.05) is 19.8 Å². The molecule has 1 aromatic heterocycles. The van der Waals surface area contributed by atoms with Crippen molar-refractivity contribution in [2.45, 2.75) is 19.3 Å². The summed E-state index contributed by atoms with van der Waals surface area (Å²) >= 11 is 0. The van der Waals surface area contributed by atoms with Crippen molar-refractivity contribution in [3.8, 4) is 0 Å². The van der Waals surface area contributed by atoms with Crippen molar-refractivity contribution in [3.63, 3.8) is 0 Å². The van der Waals surface area contributed by atoms with Crippen molar-refractivity contribution in [1.82, 2.24) is 14.5 Å². The highest BCUT2D eigenvalue weighted by atomic mass is 16.5. The molecule has 1 fully saturated rings. The fraction of sp³-hybridized carbons (Fsp3) is 0.562. The van der Waals surface area contributed by atoms with Gasteiger partial charge in [0.1, 0.15) is 0 Å². The monoisotopic (exact) mass is 321 g/mol. The van der Waals surface area contributed by atoms with E-state index >= 15 is 0 Å². The molecule has 0 atom stereocenters. The van der Waals surface area contributed by atoms with Crippen LogP contribution < -0.4 is 16.6 Å². The maximum atomic E-state index is 11.9. The van der Waals surface area contributed by atoms with Gasteiger partial charge in [0.15, 0.2) is 0 Å². The number of hydrogen-bond donors (Lipinski definition) is 1. The van der Waals surface area contributed by atoms with E-state index < -0.39 is 11.2 Å². The Kier molecular flexibility index (Phi) is 5.92. The summed E-state index contributed by atoms with van der Waals surface area (Å²) in [5, 5.41) is 2.73. The average Bonchev–Trinajstić information content (AvgIpc) is 3.35. The van der Waals surface area contributed by atoms with Crippen LogP contribution in [0.25, 0.3) is 6.08 Å². The second kappa shape index (κ2) is 7.92. The molecule has 1 amide bonds. The molecule has 1 aliphatic rings. The highest BCUT2D eigenvalue weighted by molar-refractivity contribution is 5.91. The number of ether oxygens (including phenoxy) is 1. The van der Waals surface area contributed by atoms with Crippen molar-refractivity contribution in [3.05, 3.63) is 38.7 Å². The molecule has 7 nitrogen and oxygen atoms in total. The fourth-order valence-corrected chi connectivity index (χ4v) is 2.10. The summed E-state index contributed by atoms with van der Waals surface area (Å²) in [6.45, 7) is 1.99. The van der Waals surface area contributed by atoms with Gasteiger partial charge >= 0.3 is 5.69 Å². The summed E-state index contributed by atoms with van der Waals surface area (Å²) < 4.78 is 7.79. The first-order valence-electron chi connectivity index (χ1n) is 7.79. The lowest BCUT2D eigenvalue weighted by Gasteiger charge is -2.04. The van der Waals surface area contributed by atoms with Gasteiger partial charge in [-0.3, -0.25) is 14.2 Å². The van der Waals surface area contributed by atoms with Crippen LogP contribution in [-0.4, -0.2) is 34.8 Å². The molecule has 126 valence electrons. The Morgan fingerprint density at radius 2 is 2.13 bits per heavy atom. The topological polar surface area (TPSA) is 82.3 Å². The summed E-state index contributed by atoms with van der Waals surface area (Å²) in [6.07, 6.45) is 7.43. The zero-order valence-electron chi connectivity index (χ0n) is 13.6. The normalized spacial score (nSPS) is 14.3. The first-order chi connectivity index (χ1) is 11.0. The van der Waals surface area contributed by atoms with E-state index in [9.17, 15) is 14.4 Å². The van der Waals surface area contributed by atoms with Crippen LogP contribution in [0.5, 0.6) is 0 Å². The minimum absolute atomic E-state index is 0.275. The largest absolute Gasteiger partial charge is 0.381 e. The van der Waals surface area contributed by atoms with Crippen molar-refractivity contribution >= 4 is 12.0 Å². The molecule has 0 bridgehead atoms. The van der Waals surface area contributed by atoms with E-state index in [-0.39, 0.29) is 11.5 Å². The van der Waals surface area contributed by atoms with Crippen molar-refractivity contribution in [1.29, 1.82) is 0 Å². The number of hydrogen-bond acceptors (Lipinski definition) is 4. The van der Waals surface area contributed by atoms with E-state index in [2.05, 4.69) is 5.32 Å². The Labute approximate surface area is 134 Å². The third-order valence-corrected chi connectivity index (χ3v) is 3.70. The Hall–Kier alpha value is -2.15. The highest BCUT2D eigenvalue weighted by Crippen LogP contribution is 2.28. The van der Waals surface area contributed by atoms with Crippen LogP contribution in [0.4, 0.5) is 0 Å². The van der Waals surface area contributed by atoms with Gasteiger partial charge < -0.3 is 14.6 Å². The van der Waals surface area contributed by atoms with E-state index in [1.165, 1.54) is 42.8 Å². The molecule has 0 aromatic carbocycles. The molecule has 1 aliphatic carbocycles. The van der Waals surface area contributed by atoms with Crippen LogP contribution in [0.15, 0.2) is 21.9 Å². The minimum Gasteiger partial charge on any atom is -0.381 e. The van der Waals surface area contributed by atoms with Crippen molar-refractivity contribution in [2.24, 2.45) is 20.0 Å². The number of carbonyl (C=O) groups is 1. The maximum Gasteiger partial charge on any atom is 0.330 e. The van der Waals surface area contributed by atoms with E-state index in [0.29, 0.717) is 13.2 Å². The number of rotatable bonds is 8. The van der Waals surface area contributed by atoms with Gasteiger partial charge in [0.2, 0.25) is 5.91 Å². The quantitative estimate of drug-likeness (QED) is 0.541. The fourth-order valence-electron chi connectivity index (χ4n) is 2.10. The molecule has 1 aromatic rings. The smallest absolute Gasteiger partial charge is 0.330 e. The SMILES string of the molecule is Cn1cc(C=CC(=O)NCCCOCC2CC2)c(=O)n(C)c1=O. The number of nitrogens with zero attached hydrogens (tertiary/aromatic N) is 2. The number of aromatic nitrogens is 2. The number of nitrogens with one attached hydrogen (secondary N) is 1. The van der Waals surface area contributed by atoms with Gasteiger partial charge in [-0.2, -0.15) is 0 Å². The lowest BCUT2D eigenvalue weighted by Crippen LogP contribution is -2.37. The van der Waals surface area contributed by atoms with Crippen LogP contribution in [0.1, 0.15) is 24.8 Å². The number of carbonyl (C=O) groups excluding carboxylic acids is 1. The number of amides is 1. The first-order valence-corrected chi connectivity index (χ1v) is 7.79. The van der Waals surface area contributed by atoms with Gasteiger partial charge in [0.05, 0.1) is 5.56 Å². The van der Waals surface area contributed by atoms with Gasteiger partial charge in [0, 0.05) is 46.1 Å². The summed E-state index contributed by atoms with van der Waals surface area (Å²) in [4.78, 5) is 35.2. The van der Waals surface area contributed by atoms with Crippen LogP contribution in [-0.2, 0) is 23.6 Å². The number of aryl methyl sites for hydroxylation is 1. The molecular formula is C16H23N3O4. The molecule has 0 saturated heterocycles. The van der Waals surface area contributed by atoms with Crippen LogP contribution in [0.3, 0.4) is 0 Å². The predicted octanol–water partition coefficient (Wildman–Crippen LogP) is 0.0301. The minimum atomic E-state index is -0.425.